The van der Waals surface area contributed by atoms with E-state index in [0.717, 1.165) is 43.5 Å². The second-order valence-corrected chi connectivity index (χ2v) is 8.23. The van der Waals surface area contributed by atoms with Gasteiger partial charge in [0.2, 0.25) is 0 Å². The molecule has 1 saturated carbocycles. The number of hydrogen-bond acceptors (Lipinski definition) is 5. The van der Waals surface area contributed by atoms with Crippen LogP contribution in [0.5, 0.6) is 5.75 Å². The van der Waals surface area contributed by atoms with Gasteiger partial charge in [0.05, 0.1) is 18.8 Å². The number of aryl methyl sites for hydroxylation is 1. The Bertz CT molecular complexity index is 571. The van der Waals surface area contributed by atoms with Gasteiger partial charge in [-0.25, -0.2) is 0 Å². The van der Waals surface area contributed by atoms with Crippen LogP contribution in [0.25, 0.3) is 0 Å². The van der Waals surface area contributed by atoms with Crippen molar-refractivity contribution < 1.29 is 19.7 Å². The van der Waals surface area contributed by atoms with Crippen LogP contribution in [0, 0.1) is 6.92 Å². The molecule has 0 spiro atoms. The SMILES string of the molecule is Cc1cccc(OC[C@@]2(O)COCCN(CC3(O)CCCCCC3)C2)c1. The maximum Gasteiger partial charge on any atom is 0.134 e. The Kier molecular flexibility index (Phi) is 6.56. The normalized spacial score (nSPS) is 27.5. The number of nitrogens with zero attached hydrogens (tertiary/aromatic N) is 1. The maximum absolute atomic E-state index is 11.0. The number of β-amino-alcohol motifs (C(OH)–C–C–N with tert-alkyl or cyclic N) is 2. The largest absolute Gasteiger partial charge is 0.490 e. The van der Waals surface area contributed by atoms with E-state index in [-0.39, 0.29) is 13.2 Å². The molecule has 3 rings (SSSR count). The van der Waals surface area contributed by atoms with Crippen molar-refractivity contribution in [1.82, 2.24) is 4.90 Å². The van der Waals surface area contributed by atoms with E-state index in [1.54, 1.807) is 0 Å². The predicted molar refractivity (Wildman–Crippen MR) is 102 cm³/mol. The zero-order valence-electron chi connectivity index (χ0n) is 16.0. The van der Waals surface area contributed by atoms with Crippen molar-refractivity contribution in [2.45, 2.75) is 56.7 Å². The van der Waals surface area contributed by atoms with Crippen LogP contribution < -0.4 is 4.74 Å². The fourth-order valence-corrected chi connectivity index (χ4v) is 4.10. The summed E-state index contributed by atoms with van der Waals surface area (Å²) in [7, 11) is 0. The average molecular weight is 363 g/mol. The lowest BCUT2D eigenvalue weighted by Gasteiger charge is -2.36. The third kappa shape index (κ3) is 5.68. The molecule has 2 fully saturated rings. The minimum atomic E-state index is -1.07. The van der Waals surface area contributed by atoms with Crippen molar-refractivity contribution in [3.05, 3.63) is 29.8 Å². The number of aliphatic hydroxyl groups is 2. The van der Waals surface area contributed by atoms with Gasteiger partial charge in [-0.1, -0.05) is 37.8 Å². The fourth-order valence-electron chi connectivity index (χ4n) is 4.10. The molecule has 1 aliphatic carbocycles. The first-order valence-corrected chi connectivity index (χ1v) is 9.91. The lowest BCUT2D eigenvalue weighted by Crippen LogP contribution is -2.52. The highest BCUT2D eigenvalue weighted by molar-refractivity contribution is 5.27. The summed E-state index contributed by atoms with van der Waals surface area (Å²) in [4.78, 5) is 2.15. The van der Waals surface area contributed by atoms with E-state index in [4.69, 9.17) is 9.47 Å². The van der Waals surface area contributed by atoms with Gasteiger partial charge in [0.15, 0.2) is 0 Å². The molecule has 5 heteroatoms. The first kappa shape index (κ1) is 19.6. The molecule has 146 valence electrons. The molecule has 26 heavy (non-hydrogen) atoms. The van der Waals surface area contributed by atoms with Gasteiger partial charge in [-0.05, 0) is 37.5 Å². The van der Waals surface area contributed by atoms with Gasteiger partial charge in [0.25, 0.3) is 0 Å². The number of benzene rings is 1. The van der Waals surface area contributed by atoms with Gasteiger partial charge in [0.1, 0.15) is 18.0 Å². The highest BCUT2D eigenvalue weighted by atomic mass is 16.5. The Morgan fingerprint density at radius 2 is 1.88 bits per heavy atom. The van der Waals surface area contributed by atoms with Crippen LogP contribution in [0.15, 0.2) is 24.3 Å². The van der Waals surface area contributed by atoms with E-state index >= 15 is 0 Å². The summed E-state index contributed by atoms with van der Waals surface area (Å²) in [6.45, 7) is 4.83. The van der Waals surface area contributed by atoms with Crippen molar-refractivity contribution in [2.75, 3.05) is 39.5 Å². The zero-order chi connectivity index (χ0) is 18.5. The van der Waals surface area contributed by atoms with Crippen molar-refractivity contribution in [3.63, 3.8) is 0 Å². The first-order chi connectivity index (χ1) is 12.5. The summed E-state index contributed by atoms with van der Waals surface area (Å²) in [6, 6.07) is 7.84. The van der Waals surface area contributed by atoms with Gasteiger partial charge in [-0.3, -0.25) is 4.90 Å². The number of ether oxygens (including phenoxy) is 2. The van der Waals surface area contributed by atoms with Crippen molar-refractivity contribution in [1.29, 1.82) is 0 Å². The standard InChI is InChI=1S/C21H33NO4/c1-18-7-6-8-19(13-18)26-17-21(24)15-22(11-12-25-16-21)14-20(23)9-4-2-3-5-10-20/h6-8,13,23-24H,2-5,9-12,14-17H2,1H3/t21-/m0/s1. The Balaban J connectivity index is 1.60. The molecule has 5 nitrogen and oxygen atoms in total. The van der Waals surface area contributed by atoms with E-state index in [1.165, 1.54) is 12.8 Å². The van der Waals surface area contributed by atoms with Crippen LogP contribution in [0.2, 0.25) is 0 Å². The van der Waals surface area contributed by atoms with E-state index in [2.05, 4.69) is 4.90 Å². The minimum absolute atomic E-state index is 0.186. The van der Waals surface area contributed by atoms with Crippen LogP contribution in [-0.2, 0) is 4.74 Å². The molecule has 0 unspecified atom stereocenters. The third-order valence-electron chi connectivity index (χ3n) is 5.49. The molecular formula is C21H33NO4. The number of rotatable bonds is 5. The molecule has 0 amide bonds. The third-order valence-corrected chi connectivity index (χ3v) is 5.49. The van der Waals surface area contributed by atoms with Crippen molar-refractivity contribution >= 4 is 0 Å². The van der Waals surface area contributed by atoms with Crippen LogP contribution in [-0.4, -0.2) is 65.8 Å². The van der Waals surface area contributed by atoms with Gasteiger partial charge in [-0.15, -0.1) is 0 Å². The van der Waals surface area contributed by atoms with E-state index < -0.39 is 11.2 Å². The average Bonchev–Trinajstić information content (AvgIpc) is 2.92. The fraction of sp³-hybridized carbons (Fsp3) is 0.714. The quantitative estimate of drug-likeness (QED) is 0.787. The molecular weight excluding hydrogens is 330 g/mol. The summed E-state index contributed by atoms with van der Waals surface area (Å²) in [5, 5.41) is 22.1. The Hall–Kier alpha value is -1.14. The molecule has 1 aromatic rings. The molecule has 1 saturated heterocycles. The Labute approximate surface area is 156 Å². The molecule has 1 aromatic carbocycles. The van der Waals surface area contributed by atoms with Crippen LogP contribution in [0.3, 0.4) is 0 Å². The summed E-state index contributed by atoms with van der Waals surface area (Å²) in [5.74, 6) is 0.761. The van der Waals surface area contributed by atoms with Gasteiger partial charge in [-0.2, -0.15) is 0 Å². The molecule has 1 heterocycles. The monoisotopic (exact) mass is 363 g/mol. The Morgan fingerprint density at radius 3 is 2.62 bits per heavy atom. The first-order valence-electron chi connectivity index (χ1n) is 9.91. The van der Waals surface area contributed by atoms with Gasteiger partial charge in [0, 0.05) is 19.6 Å². The van der Waals surface area contributed by atoms with Crippen LogP contribution >= 0.6 is 0 Å². The highest BCUT2D eigenvalue weighted by Crippen LogP contribution is 2.29. The summed E-state index contributed by atoms with van der Waals surface area (Å²) >= 11 is 0. The van der Waals surface area contributed by atoms with Gasteiger partial charge < -0.3 is 19.7 Å². The molecule has 1 atom stereocenters. The summed E-state index contributed by atoms with van der Waals surface area (Å²) in [5.41, 5.74) is -0.579. The van der Waals surface area contributed by atoms with Crippen LogP contribution in [0.1, 0.15) is 44.1 Å². The molecule has 1 aliphatic heterocycles. The second-order valence-electron chi connectivity index (χ2n) is 8.23. The van der Waals surface area contributed by atoms with Crippen LogP contribution in [0.4, 0.5) is 0 Å². The van der Waals surface area contributed by atoms with Crippen molar-refractivity contribution in [3.8, 4) is 5.75 Å². The number of hydrogen-bond donors (Lipinski definition) is 2. The molecule has 2 N–H and O–H groups in total. The smallest absolute Gasteiger partial charge is 0.134 e. The molecule has 2 aliphatic rings. The summed E-state index contributed by atoms with van der Waals surface area (Å²) in [6.07, 6.45) is 6.29. The van der Waals surface area contributed by atoms with E-state index in [9.17, 15) is 10.2 Å². The maximum atomic E-state index is 11.0. The lowest BCUT2D eigenvalue weighted by molar-refractivity contribution is -0.0733. The molecule has 0 bridgehead atoms. The van der Waals surface area contributed by atoms with Gasteiger partial charge >= 0.3 is 0 Å². The molecule has 0 aromatic heterocycles. The minimum Gasteiger partial charge on any atom is -0.490 e. The highest BCUT2D eigenvalue weighted by Gasteiger charge is 2.37. The topological polar surface area (TPSA) is 62.2 Å². The Morgan fingerprint density at radius 1 is 1.12 bits per heavy atom. The van der Waals surface area contributed by atoms with E-state index in [0.29, 0.717) is 19.7 Å². The molecule has 0 radical (unpaired) electrons. The second kappa shape index (κ2) is 8.70. The van der Waals surface area contributed by atoms with Crippen molar-refractivity contribution in [2.24, 2.45) is 0 Å². The lowest BCUT2D eigenvalue weighted by atomic mass is 9.93. The van der Waals surface area contributed by atoms with E-state index in [1.807, 2.05) is 31.2 Å². The predicted octanol–water partition coefficient (Wildman–Crippen LogP) is 2.52. The summed E-state index contributed by atoms with van der Waals surface area (Å²) < 4.78 is 11.5. The zero-order valence-corrected chi connectivity index (χ0v) is 16.0.